The number of hydrogen-bond donors (Lipinski definition) is 2. The van der Waals surface area contributed by atoms with Gasteiger partial charge < -0.3 is 24.8 Å². The summed E-state index contributed by atoms with van der Waals surface area (Å²) < 4.78 is 16.2. The first-order valence-electron chi connectivity index (χ1n) is 7.65. The molecule has 6 nitrogen and oxygen atoms in total. The standard InChI is InChI=1S/C16H25N3O3.HI/c1-4-17-16(18-11-13-6-5-9-22-13)19-12-7-8-14(20-2)15(10-12)21-3;/h7-8,10,13H,4-6,9,11H2,1-3H3,(H2,17,18,19);1H. The van der Waals surface area contributed by atoms with Gasteiger partial charge >= 0.3 is 0 Å². The van der Waals surface area contributed by atoms with Crippen LogP contribution in [-0.2, 0) is 4.74 Å². The molecule has 130 valence electrons. The lowest BCUT2D eigenvalue weighted by atomic mass is 10.2. The second kappa shape index (κ2) is 10.5. The van der Waals surface area contributed by atoms with Gasteiger partial charge in [0.25, 0.3) is 0 Å². The van der Waals surface area contributed by atoms with Crippen LogP contribution in [0.3, 0.4) is 0 Å². The van der Waals surface area contributed by atoms with E-state index in [9.17, 15) is 0 Å². The number of nitrogens with one attached hydrogen (secondary N) is 2. The van der Waals surface area contributed by atoms with Crippen LogP contribution in [0.1, 0.15) is 19.8 Å². The third-order valence-corrected chi connectivity index (χ3v) is 3.47. The molecule has 1 aliphatic rings. The Hall–Kier alpha value is -1.22. The minimum absolute atomic E-state index is 0. The lowest BCUT2D eigenvalue weighted by Crippen LogP contribution is -2.31. The van der Waals surface area contributed by atoms with Gasteiger partial charge in [0.15, 0.2) is 17.5 Å². The van der Waals surface area contributed by atoms with Crippen LogP contribution >= 0.6 is 24.0 Å². The summed E-state index contributed by atoms with van der Waals surface area (Å²) >= 11 is 0. The summed E-state index contributed by atoms with van der Waals surface area (Å²) in [6, 6.07) is 5.68. The fourth-order valence-corrected chi connectivity index (χ4v) is 2.34. The maximum atomic E-state index is 5.60. The summed E-state index contributed by atoms with van der Waals surface area (Å²) in [5.41, 5.74) is 0.893. The Bertz CT molecular complexity index is 505. The van der Waals surface area contributed by atoms with Crippen LogP contribution in [0.4, 0.5) is 5.69 Å². The van der Waals surface area contributed by atoms with Crippen molar-refractivity contribution in [2.45, 2.75) is 25.9 Å². The SMILES string of the molecule is CCNC(=NCC1CCCO1)Nc1ccc(OC)c(OC)c1.I. The third kappa shape index (κ3) is 6.06. The molecule has 1 aromatic rings. The average Bonchev–Trinajstić information content (AvgIpc) is 3.06. The number of hydrogen-bond acceptors (Lipinski definition) is 4. The van der Waals surface area contributed by atoms with Gasteiger partial charge in [0.1, 0.15) is 0 Å². The second-order valence-electron chi connectivity index (χ2n) is 5.05. The van der Waals surface area contributed by atoms with E-state index in [1.54, 1.807) is 14.2 Å². The number of halogens is 1. The maximum Gasteiger partial charge on any atom is 0.195 e. The van der Waals surface area contributed by atoms with E-state index in [1.807, 2.05) is 25.1 Å². The largest absolute Gasteiger partial charge is 0.493 e. The number of aliphatic imine (C=N–C) groups is 1. The summed E-state index contributed by atoms with van der Waals surface area (Å²) in [7, 11) is 3.25. The Morgan fingerprint density at radius 1 is 1.30 bits per heavy atom. The number of anilines is 1. The van der Waals surface area contributed by atoms with E-state index in [0.717, 1.165) is 37.6 Å². The quantitative estimate of drug-likeness (QED) is 0.409. The Morgan fingerprint density at radius 2 is 2.09 bits per heavy atom. The molecule has 0 bridgehead atoms. The van der Waals surface area contributed by atoms with E-state index in [0.29, 0.717) is 18.0 Å². The maximum absolute atomic E-state index is 5.60. The predicted molar refractivity (Wildman–Crippen MR) is 104 cm³/mol. The van der Waals surface area contributed by atoms with E-state index in [1.165, 1.54) is 0 Å². The molecule has 1 fully saturated rings. The molecule has 0 amide bonds. The van der Waals surface area contributed by atoms with Gasteiger partial charge in [0, 0.05) is 24.9 Å². The summed E-state index contributed by atoms with van der Waals surface area (Å²) in [6.07, 6.45) is 2.44. The highest BCUT2D eigenvalue weighted by molar-refractivity contribution is 14.0. The number of nitrogens with zero attached hydrogens (tertiary/aromatic N) is 1. The molecule has 2 N–H and O–H groups in total. The summed E-state index contributed by atoms with van der Waals surface area (Å²) in [4.78, 5) is 4.59. The van der Waals surface area contributed by atoms with Gasteiger partial charge in [-0.1, -0.05) is 0 Å². The van der Waals surface area contributed by atoms with Crippen molar-refractivity contribution in [2.75, 3.05) is 39.2 Å². The van der Waals surface area contributed by atoms with E-state index < -0.39 is 0 Å². The van der Waals surface area contributed by atoms with Crippen molar-refractivity contribution in [3.63, 3.8) is 0 Å². The number of ether oxygens (including phenoxy) is 3. The van der Waals surface area contributed by atoms with Crippen molar-refractivity contribution in [1.29, 1.82) is 0 Å². The fourth-order valence-electron chi connectivity index (χ4n) is 2.34. The highest BCUT2D eigenvalue weighted by Gasteiger charge is 2.15. The van der Waals surface area contributed by atoms with Crippen LogP contribution < -0.4 is 20.1 Å². The van der Waals surface area contributed by atoms with E-state index in [-0.39, 0.29) is 30.1 Å². The molecular weight excluding hydrogens is 409 g/mol. The number of rotatable bonds is 6. The van der Waals surface area contributed by atoms with Gasteiger partial charge in [-0.15, -0.1) is 24.0 Å². The Morgan fingerprint density at radius 3 is 2.70 bits per heavy atom. The minimum atomic E-state index is 0. The van der Waals surface area contributed by atoms with Crippen molar-refractivity contribution >= 4 is 35.6 Å². The van der Waals surface area contributed by atoms with Crippen molar-refractivity contribution in [2.24, 2.45) is 4.99 Å². The van der Waals surface area contributed by atoms with Gasteiger partial charge in [0.2, 0.25) is 0 Å². The Labute approximate surface area is 155 Å². The Kier molecular flexibility index (Phi) is 9.08. The number of methoxy groups -OCH3 is 2. The first kappa shape index (κ1) is 19.8. The third-order valence-electron chi connectivity index (χ3n) is 3.47. The lowest BCUT2D eigenvalue weighted by molar-refractivity contribution is 0.118. The molecule has 7 heteroatoms. The summed E-state index contributed by atoms with van der Waals surface area (Å²) in [5, 5.41) is 6.51. The van der Waals surface area contributed by atoms with Crippen molar-refractivity contribution in [3.8, 4) is 11.5 Å². The average molecular weight is 435 g/mol. The van der Waals surface area contributed by atoms with Crippen molar-refractivity contribution in [3.05, 3.63) is 18.2 Å². The zero-order valence-corrected chi connectivity index (χ0v) is 16.3. The second-order valence-corrected chi connectivity index (χ2v) is 5.05. The van der Waals surface area contributed by atoms with E-state index in [4.69, 9.17) is 14.2 Å². The van der Waals surface area contributed by atoms with Crippen LogP contribution in [0.5, 0.6) is 11.5 Å². The molecule has 1 unspecified atom stereocenters. The monoisotopic (exact) mass is 435 g/mol. The molecule has 1 aromatic carbocycles. The van der Waals surface area contributed by atoms with Crippen molar-refractivity contribution < 1.29 is 14.2 Å². The Balaban J connectivity index is 0.00000264. The summed E-state index contributed by atoms with van der Waals surface area (Å²) in [6.45, 7) is 4.35. The van der Waals surface area contributed by atoms with Gasteiger partial charge in [0.05, 0.1) is 26.9 Å². The normalized spacial score (nSPS) is 17.3. The minimum Gasteiger partial charge on any atom is -0.493 e. The van der Waals surface area contributed by atoms with E-state index >= 15 is 0 Å². The first-order chi connectivity index (χ1) is 10.8. The molecule has 0 aromatic heterocycles. The smallest absolute Gasteiger partial charge is 0.195 e. The molecule has 2 rings (SSSR count). The topological polar surface area (TPSA) is 64.1 Å². The zero-order valence-electron chi connectivity index (χ0n) is 13.9. The molecule has 0 aliphatic carbocycles. The van der Waals surface area contributed by atoms with Crippen LogP contribution in [0.15, 0.2) is 23.2 Å². The number of benzene rings is 1. The zero-order chi connectivity index (χ0) is 15.8. The molecule has 1 saturated heterocycles. The van der Waals surface area contributed by atoms with Gasteiger partial charge in [-0.05, 0) is 31.9 Å². The van der Waals surface area contributed by atoms with Gasteiger partial charge in [-0.2, -0.15) is 0 Å². The highest BCUT2D eigenvalue weighted by atomic mass is 127. The van der Waals surface area contributed by atoms with Gasteiger partial charge in [-0.25, -0.2) is 0 Å². The molecule has 1 atom stereocenters. The molecule has 0 spiro atoms. The molecule has 1 heterocycles. The highest BCUT2D eigenvalue weighted by Crippen LogP contribution is 2.29. The predicted octanol–water partition coefficient (Wildman–Crippen LogP) is 2.88. The molecule has 0 radical (unpaired) electrons. The molecular formula is C16H26IN3O3. The number of guanidine groups is 1. The van der Waals surface area contributed by atoms with Crippen LogP contribution in [0, 0.1) is 0 Å². The molecule has 1 aliphatic heterocycles. The first-order valence-corrected chi connectivity index (χ1v) is 7.65. The van der Waals surface area contributed by atoms with Crippen LogP contribution in [-0.4, -0.2) is 46.0 Å². The molecule has 23 heavy (non-hydrogen) atoms. The lowest BCUT2D eigenvalue weighted by Gasteiger charge is -2.14. The summed E-state index contributed by atoms with van der Waals surface area (Å²) in [5.74, 6) is 2.13. The fraction of sp³-hybridized carbons (Fsp3) is 0.562. The van der Waals surface area contributed by atoms with Gasteiger partial charge in [-0.3, -0.25) is 4.99 Å². The van der Waals surface area contributed by atoms with Crippen LogP contribution in [0.2, 0.25) is 0 Å². The molecule has 0 saturated carbocycles. The van der Waals surface area contributed by atoms with Crippen LogP contribution in [0.25, 0.3) is 0 Å². The van der Waals surface area contributed by atoms with E-state index in [2.05, 4.69) is 15.6 Å². The van der Waals surface area contributed by atoms with Crippen molar-refractivity contribution in [1.82, 2.24) is 5.32 Å².